The fourth-order valence-electron chi connectivity index (χ4n) is 3.57. The molecule has 2 fully saturated rings. The molecule has 2 saturated heterocycles. The van der Waals surface area contributed by atoms with E-state index in [9.17, 15) is 9.90 Å². The minimum atomic E-state index is 0.0712. The molecule has 0 aliphatic carbocycles. The zero-order valence-electron chi connectivity index (χ0n) is 11.7. The third-order valence-electron chi connectivity index (χ3n) is 4.58. The van der Waals surface area contributed by atoms with Crippen molar-refractivity contribution in [2.24, 2.45) is 5.92 Å². The van der Waals surface area contributed by atoms with E-state index in [1.165, 1.54) is 0 Å². The molecule has 0 radical (unpaired) electrons. The number of benzene rings is 1. The fourth-order valence-corrected chi connectivity index (χ4v) is 3.57. The molecular formula is C16H22N2O2. The van der Waals surface area contributed by atoms with Crippen LogP contribution < -0.4 is 5.32 Å². The van der Waals surface area contributed by atoms with Crippen LogP contribution in [0, 0.1) is 5.92 Å². The summed E-state index contributed by atoms with van der Waals surface area (Å²) in [6, 6.07) is 7.08. The molecule has 2 heterocycles. The zero-order chi connectivity index (χ0) is 13.9. The van der Waals surface area contributed by atoms with Crippen molar-refractivity contribution in [3.63, 3.8) is 0 Å². The highest BCUT2D eigenvalue weighted by Gasteiger charge is 2.35. The smallest absolute Gasteiger partial charge is 0.254 e. The molecular weight excluding hydrogens is 252 g/mol. The van der Waals surface area contributed by atoms with Crippen molar-refractivity contribution in [2.75, 3.05) is 19.6 Å². The number of carbonyl (C=O) groups is 1. The Balaban J connectivity index is 1.76. The summed E-state index contributed by atoms with van der Waals surface area (Å²) in [5.41, 5.74) is 0.603. The zero-order valence-corrected chi connectivity index (χ0v) is 11.7. The average molecular weight is 274 g/mol. The van der Waals surface area contributed by atoms with Gasteiger partial charge < -0.3 is 15.3 Å². The van der Waals surface area contributed by atoms with Crippen LogP contribution in [0.1, 0.15) is 36.0 Å². The van der Waals surface area contributed by atoms with Crippen molar-refractivity contribution < 1.29 is 9.90 Å². The number of piperidine rings is 1. The van der Waals surface area contributed by atoms with Crippen molar-refractivity contribution in [3.8, 4) is 5.75 Å². The van der Waals surface area contributed by atoms with E-state index < -0.39 is 0 Å². The third-order valence-corrected chi connectivity index (χ3v) is 4.58. The van der Waals surface area contributed by atoms with Crippen LogP contribution in [0.15, 0.2) is 24.3 Å². The molecule has 0 bridgehead atoms. The van der Waals surface area contributed by atoms with Crippen LogP contribution in [0.25, 0.3) is 0 Å². The van der Waals surface area contributed by atoms with Crippen LogP contribution in [0.5, 0.6) is 5.75 Å². The summed E-state index contributed by atoms with van der Waals surface area (Å²) >= 11 is 0. The highest BCUT2D eigenvalue weighted by Crippen LogP contribution is 2.31. The molecule has 2 aliphatic rings. The predicted octanol–water partition coefficient (Wildman–Crippen LogP) is 2.00. The molecule has 1 amide bonds. The van der Waals surface area contributed by atoms with Crippen LogP contribution in [-0.4, -0.2) is 41.6 Å². The molecule has 2 N–H and O–H groups in total. The van der Waals surface area contributed by atoms with E-state index in [0.29, 0.717) is 17.5 Å². The van der Waals surface area contributed by atoms with Crippen molar-refractivity contribution >= 4 is 5.91 Å². The Labute approximate surface area is 119 Å². The minimum absolute atomic E-state index is 0.0712. The lowest BCUT2D eigenvalue weighted by molar-refractivity contribution is 0.0666. The molecule has 1 unspecified atom stereocenters. The molecule has 0 aromatic heterocycles. The second-order valence-electron chi connectivity index (χ2n) is 5.85. The Morgan fingerprint density at radius 3 is 2.80 bits per heavy atom. The first-order valence-electron chi connectivity index (χ1n) is 7.56. The SMILES string of the molecule is O=C(c1cccc(O)c1)N1CCCC1C1CCNCC1. The van der Waals surface area contributed by atoms with Crippen LogP contribution in [0.2, 0.25) is 0 Å². The number of phenolic OH excluding ortho intramolecular Hbond substituents is 1. The Morgan fingerprint density at radius 1 is 1.25 bits per heavy atom. The van der Waals surface area contributed by atoms with E-state index in [2.05, 4.69) is 5.32 Å². The maximum atomic E-state index is 12.7. The molecule has 4 nitrogen and oxygen atoms in total. The quantitative estimate of drug-likeness (QED) is 0.867. The number of hydrogen-bond acceptors (Lipinski definition) is 3. The van der Waals surface area contributed by atoms with E-state index in [4.69, 9.17) is 0 Å². The van der Waals surface area contributed by atoms with Gasteiger partial charge in [0.05, 0.1) is 0 Å². The molecule has 20 heavy (non-hydrogen) atoms. The van der Waals surface area contributed by atoms with Crippen molar-refractivity contribution in [1.29, 1.82) is 0 Å². The maximum absolute atomic E-state index is 12.7. The van der Waals surface area contributed by atoms with E-state index in [1.54, 1.807) is 24.3 Å². The van der Waals surface area contributed by atoms with Gasteiger partial charge in [-0.3, -0.25) is 4.79 Å². The highest BCUT2D eigenvalue weighted by atomic mass is 16.3. The summed E-state index contributed by atoms with van der Waals surface area (Å²) < 4.78 is 0. The molecule has 108 valence electrons. The fraction of sp³-hybridized carbons (Fsp3) is 0.562. The normalized spacial score (nSPS) is 24.0. The number of amides is 1. The van der Waals surface area contributed by atoms with Gasteiger partial charge in [-0.1, -0.05) is 6.07 Å². The molecule has 0 saturated carbocycles. The molecule has 3 rings (SSSR count). The van der Waals surface area contributed by atoms with E-state index in [1.807, 2.05) is 4.90 Å². The first-order chi connectivity index (χ1) is 9.75. The number of aromatic hydroxyl groups is 1. The van der Waals surface area contributed by atoms with E-state index in [-0.39, 0.29) is 11.7 Å². The summed E-state index contributed by atoms with van der Waals surface area (Å²) in [5.74, 6) is 0.857. The van der Waals surface area contributed by atoms with Crippen molar-refractivity contribution in [3.05, 3.63) is 29.8 Å². The highest BCUT2D eigenvalue weighted by molar-refractivity contribution is 5.95. The Bertz CT molecular complexity index is 483. The lowest BCUT2D eigenvalue weighted by Gasteiger charge is -2.34. The van der Waals surface area contributed by atoms with Gasteiger partial charge in [0.25, 0.3) is 5.91 Å². The second kappa shape index (κ2) is 5.83. The lowest BCUT2D eigenvalue weighted by Crippen LogP contribution is -2.43. The van der Waals surface area contributed by atoms with Crippen LogP contribution >= 0.6 is 0 Å². The van der Waals surface area contributed by atoms with Gasteiger partial charge in [-0.2, -0.15) is 0 Å². The minimum Gasteiger partial charge on any atom is -0.508 e. The van der Waals surface area contributed by atoms with Crippen LogP contribution in [0.3, 0.4) is 0 Å². The van der Waals surface area contributed by atoms with E-state index >= 15 is 0 Å². The summed E-state index contributed by atoms with van der Waals surface area (Å²) in [5, 5.41) is 12.9. The first kappa shape index (κ1) is 13.4. The third kappa shape index (κ3) is 2.66. The molecule has 1 aromatic carbocycles. The maximum Gasteiger partial charge on any atom is 0.254 e. The van der Waals surface area contributed by atoms with Gasteiger partial charge in [-0.15, -0.1) is 0 Å². The van der Waals surface area contributed by atoms with Gasteiger partial charge in [0, 0.05) is 18.2 Å². The van der Waals surface area contributed by atoms with Crippen LogP contribution in [0.4, 0.5) is 0 Å². The number of likely N-dealkylation sites (tertiary alicyclic amines) is 1. The Hall–Kier alpha value is -1.55. The van der Waals surface area contributed by atoms with Gasteiger partial charge in [0.1, 0.15) is 5.75 Å². The van der Waals surface area contributed by atoms with Gasteiger partial charge in [0.2, 0.25) is 0 Å². The number of hydrogen-bond donors (Lipinski definition) is 2. The summed E-state index contributed by atoms with van der Waals surface area (Å²) in [4.78, 5) is 14.7. The molecule has 4 heteroatoms. The summed E-state index contributed by atoms with van der Waals surface area (Å²) in [6.45, 7) is 2.98. The number of phenols is 1. The van der Waals surface area contributed by atoms with E-state index in [0.717, 1.165) is 45.3 Å². The Morgan fingerprint density at radius 2 is 2.05 bits per heavy atom. The van der Waals surface area contributed by atoms with Crippen molar-refractivity contribution in [2.45, 2.75) is 31.7 Å². The van der Waals surface area contributed by atoms with Gasteiger partial charge in [0.15, 0.2) is 0 Å². The second-order valence-corrected chi connectivity index (χ2v) is 5.85. The predicted molar refractivity (Wildman–Crippen MR) is 77.8 cm³/mol. The van der Waals surface area contributed by atoms with Gasteiger partial charge in [-0.05, 0) is 62.9 Å². The monoisotopic (exact) mass is 274 g/mol. The Kier molecular flexibility index (Phi) is 3.92. The standard InChI is InChI=1S/C16H22N2O2/c19-14-4-1-3-13(11-14)16(20)18-10-2-5-15(18)12-6-8-17-9-7-12/h1,3-4,11-12,15,17,19H,2,5-10H2. The molecule has 0 spiro atoms. The average Bonchev–Trinajstić information content (AvgIpc) is 2.97. The van der Waals surface area contributed by atoms with Crippen molar-refractivity contribution in [1.82, 2.24) is 10.2 Å². The van der Waals surface area contributed by atoms with Gasteiger partial charge >= 0.3 is 0 Å². The molecule has 1 aromatic rings. The molecule has 2 aliphatic heterocycles. The first-order valence-corrected chi connectivity index (χ1v) is 7.56. The molecule has 1 atom stereocenters. The lowest BCUT2D eigenvalue weighted by atomic mass is 9.88. The topological polar surface area (TPSA) is 52.6 Å². The summed E-state index contributed by atoms with van der Waals surface area (Å²) in [6.07, 6.45) is 4.54. The summed E-state index contributed by atoms with van der Waals surface area (Å²) in [7, 11) is 0. The van der Waals surface area contributed by atoms with Crippen LogP contribution in [-0.2, 0) is 0 Å². The number of nitrogens with one attached hydrogen (secondary N) is 1. The number of nitrogens with zero attached hydrogens (tertiary/aromatic N) is 1. The number of carbonyl (C=O) groups excluding carboxylic acids is 1. The van der Waals surface area contributed by atoms with Gasteiger partial charge in [-0.25, -0.2) is 0 Å². The largest absolute Gasteiger partial charge is 0.508 e. The number of rotatable bonds is 2.